The van der Waals surface area contributed by atoms with Crippen LogP contribution in [0.2, 0.25) is 5.02 Å². The smallest absolute Gasteiger partial charge is 0.206 e. The Labute approximate surface area is 186 Å². The second-order valence-corrected chi connectivity index (χ2v) is 8.40. The van der Waals surface area contributed by atoms with Crippen molar-refractivity contribution >= 4 is 40.1 Å². The van der Waals surface area contributed by atoms with Gasteiger partial charge in [-0.15, -0.1) is 0 Å². The Morgan fingerprint density at radius 1 is 1.03 bits per heavy atom. The molecule has 7 heteroatoms. The number of halogens is 1. The van der Waals surface area contributed by atoms with Crippen LogP contribution >= 0.6 is 11.6 Å². The van der Waals surface area contributed by atoms with Crippen molar-refractivity contribution < 1.29 is 0 Å². The van der Waals surface area contributed by atoms with Gasteiger partial charge >= 0.3 is 0 Å². The molecule has 1 saturated heterocycles. The molecule has 0 saturated carbocycles. The minimum absolute atomic E-state index is 0.707. The molecule has 0 atom stereocenters. The van der Waals surface area contributed by atoms with Crippen LogP contribution in [0.1, 0.15) is 11.1 Å². The van der Waals surface area contributed by atoms with E-state index in [0.29, 0.717) is 5.95 Å². The highest BCUT2D eigenvalue weighted by Gasteiger charge is 2.19. The molecule has 31 heavy (non-hydrogen) atoms. The van der Waals surface area contributed by atoms with Crippen molar-refractivity contribution in [2.24, 2.45) is 0 Å². The van der Waals surface area contributed by atoms with Gasteiger partial charge in [0.25, 0.3) is 0 Å². The molecule has 3 heterocycles. The number of rotatable bonds is 5. The third kappa shape index (κ3) is 4.50. The van der Waals surface area contributed by atoms with Gasteiger partial charge in [-0.25, -0.2) is 9.97 Å². The number of fused-ring (bicyclic) bond motifs is 1. The Bertz CT molecular complexity index is 1200. The van der Waals surface area contributed by atoms with Gasteiger partial charge in [0.2, 0.25) is 5.95 Å². The number of nitrogens with zero attached hydrogens (tertiary/aromatic N) is 4. The lowest BCUT2D eigenvalue weighted by Crippen LogP contribution is -2.46. The van der Waals surface area contributed by atoms with E-state index in [0.717, 1.165) is 60.3 Å². The van der Waals surface area contributed by atoms with Crippen molar-refractivity contribution in [1.82, 2.24) is 19.9 Å². The van der Waals surface area contributed by atoms with E-state index < -0.39 is 0 Å². The summed E-state index contributed by atoms with van der Waals surface area (Å²) in [5, 5.41) is 4.13. The number of benzene rings is 2. The van der Waals surface area contributed by atoms with Crippen LogP contribution in [0, 0.1) is 6.92 Å². The van der Waals surface area contributed by atoms with Crippen molar-refractivity contribution in [3.8, 4) is 0 Å². The monoisotopic (exact) mass is 432 g/mol. The molecular formula is C24H25ClN6. The minimum Gasteiger partial charge on any atom is -0.368 e. The van der Waals surface area contributed by atoms with Crippen LogP contribution in [-0.2, 0) is 6.54 Å². The first-order valence-corrected chi connectivity index (χ1v) is 10.9. The fourth-order valence-electron chi connectivity index (χ4n) is 4.06. The molecular weight excluding hydrogens is 408 g/mol. The fraction of sp³-hybridized carbons (Fsp3) is 0.250. The number of anilines is 3. The van der Waals surface area contributed by atoms with E-state index in [1.54, 1.807) is 0 Å². The number of nitrogens with one attached hydrogen (secondary N) is 2. The van der Waals surface area contributed by atoms with E-state index >= 15 is 0 Å². The third-order valence-electron chi connectivity index (χ3n) is 5.68. The number of pyridine rings is 1. The average molecular weight is 433 g/mol. The van der Waals surface area contributed by atoms with E-state index in [-0.39, 0.29) is 0 Å². The van der Waals surface area contributed by atoms with Crippen molar-refractivity contribution in [2.75, 3.05) is 36.4 Å². The molecule has 2 aromatic heterocycles. The standard InChI is InChI=1S/C24H25ClN6/c1-17-6-7-20-21(14-17)28-24(27-20)29-23-15-18(8-9-26-23)16-30-10-12-31(13-11-30)22-5-3-2-4-19(22)25/h2-9,14-15H,10-13,16H2,1H3,(H2,26,27,28,29). The van der Waals surface area contributed by atoms with Gasteiger partial charge in [0.15, 0.2) is 0 Å². The van der Waals surface area contributed by atoms with E-state index in [4.69, 9.17) is 11.6 Å². The van der Waals surface area contributed by atoms with Crippen LogP contribution in [0.4, 0.5) is 17.5 Å². The summed E-state index contributed by atoms with van der Waals surface area (Å²) in [6.45, 7) is 6.91. The molecule has 0 aliphatic carbocycles. The quantitative estimate of drug-likeness (QED) is 0.465. The van der Waals surface area contributed by atoms with Gasteiger partial charge < -0.3 is 15.2 Å². The molecule has 2 N–H and O–H groups in total. The summed E-state index contributed by atoms with van der Waals surface area (Å²) in [5.74, 6) is 1.50. The highest BCUT2D eigenvalue weighted by molar-refractivity contribution is 6.33. The van der Waals surface area contributed by atoms with Crippen molar-refractivity contribution in [3.63, 3.8) is 0 Å². The summed E-state index contributed by atoms with van der Waals surface area (Å²) in [6.07, 6.45) is 1.85. The number of imidazole rings is 1. The predicted octanol–water partition coefficient (Wildman–Crippen LogP) is 4.99. The Kier molecular flexibility index (Phi) is 5.49. The van der Waals surface area contributed by atoms with Gasteiger partial charge in [-0.1, -0.05) is 29.8 Å². The largest absolute Gasteiger partial charge is 0.368 e. The van der Waals surface area contributed by atoms with Gasteiger partial charge in [0.05, 0.1) is 21.7 Å². The molecule has 2 aromatic carbocycles. The lowest BCUT2D eigenvalue weighted by Gasteiger charge is -2.36. The van der Waals surface area contributed by atoms with E-state index in [1.807, 2.05) is 30.5 Å². The van der Waals surface area contributed by atoms with E-state index in [2.05, 4.69) is 67.3 Å². The van der Waals surface area contributed by atoms with Gasteiger partial charge in [-0.3, -0.25) is 4.90 Å². The summed E-state index contributed by atoms with van der Waals surface area (Å²) in [4.78, 5) is 17.2. The number of aromatic nitrogens is 3. The lowest BCUT2D eigenvalue weighted by molar-refractivity contribution is 0.250. The van der Waals surface area contributed by atoms with Crippen LogP contribution in [0.15, 0.2) is 60.8 Å². The fourth-order valence-corrected chi connectivity index (χ4v) is 4.31. The van der Waals surface area contributed by atoms with Crippen LogP contribution in [0.25, 0.3) is 11.0 Å². The van der Waals surface area contributed by atoms with E-state index in [9.17, 15) is 0 Å². The summed E-state index contributed by atoms with van der Waals surface area (Å²) < 4.78 is 0. The van der Waals surface area contributed by atoms with Crippen LogP contribution in [0.3, 0.4) is 0 Å². The Hall–Kier alpha value is -3.09. The summed E-state index contributed by atoms with van der Waals surface area (Å²) in [6, 6.07) is 18.4. The molecule has 1 aliphatic heterocycles. The molecule has 0 radical (unpaired) electrons. The van der Waals surface area contributed by atoms with Gasteiger partial charge in [-0.05, 0) is 54.4 Å². The second-order valence-electron chi connectivity index (χ2n) is 7.99. The summed E-state index contributed by atoms with van der Waals surface area (Å²) in [7, 11) is 0. The second kappa shape index (κ2) is 8.57. The maximum absolute atomic E-state index is 6.36. The Morgan fingerprint density at radius 3 is 2.71 bits per heavy atom. The molecule has 0 bridgehead atoms. The number of aromatic amines is 1. The number of aryl methyl sites for hydroxylation is 1. The van der Waals surface area contributed by atoms with Gasteiger partial charge in [0, 0.05) is 38.9 Å². The highest BCUT2D eigenvalue weighted by atomic mass is 35.5. The zero-order chi connectivity index (χ0) is 21.2. The van der Waals surface area contributed by atoms with Crippen LogP contribution in [0.5, 0.6) is 0 Å². The molecule has 1 fully saturated rings. The van der Waals surface area contributed by atoms with Gasteiger partial charge in [-0.2, -0.15) is 0 Å². The maximum Gasteiger partial charge on any atom is 0.206 e. The highest BCUT2D eigenvalue weighted by Crippen LogP contribution is 2.26. The first-order valence-electron chi connectivity index (χ1n) is 10.5. The molecule has 5 rings (SSSR count). The molecule has 1 aliphatic rings. The lowest BCUT2D eigenvalue weighted by atomic mass is 10.2. The summed E-state index contributed by atoms with van der Waals surface area (Å²) >= 11 is 6.36. The number of hydrogen-bond donors (Lipinski definition) is 2. The predicted molar refractivity (Wildman–Crippen MR) is 127 cm³/mol. The van der Waals surface area contributed by atoms with Crippen molar-refractivity contribution in [1.29, 1.82) is 0 Å². The van der Waals surface area contributed by atoms with Crippen molar-refractivity contribution in [3.05, 3.63) is 76.9 Å². The molecule has 0 unspecified atom stereocenters. The zero-order valence-corrected chi connectivity index (χ0v) is 18.2. The molecule has 6 nitrogen and oxygen atoms in total. The van der Waals surface area contributed by atoms with Crippen LogP contribution < -0.4 is 10.2 Å². The number of H-pyrrole nitrogens is 1. The Balaban J connectivity index is 1.22. The van der Waals surface area contributed by atoms with Crippen LogP contribution in [-0.4, -0.2) is 46.0 Å². The average Bonchev–Trinajstić information content (AvgIpc) is 3.16. The Morgan fingerprint density at radius 2 is 1.87 bits per heavy atom. The normalized spacial score (nSPS) is 14.8. The zero-order valence-electron chi connectivity index (χ0n) is 17.5. The molecule has 0 spiro atoms. The molecule has 4 aromatic rings. The van der Waals surface area contributed by atoms with E-state index in [1.165, 1.54) is 11.1 Å². The summed E-state index contributed by atoms with van der Waals surface area (Å²) in [5.41, 5.74) is 5.53. The number of hydrogen-bond acceptors (Lipinski definition) is 5. The first-order chi connectivity index (χ1) is 15.1. The molecule has 158 valence electrons. The topological polar surface area (TPSA) is 60.1 Å². The SMILES string of the molecule is Cc1ccc2nc(Nc3cc(CN4CCN(c5ccccc5Cl)CC4)ccn3)[nH]c2c1. The van der Waals surface area contributed by atoms with Gasteiger partial charge in [0.1, 0.15) is 5.82 Å². The number of piperazine rings is 1. The number of para-hydroxylation sites is 1. The first kappa shape index (κ1) is 19.8. The van der Waals surface area contributed by atoms with Crippen molar-refractivity contribution in [2.45, 2.75) is 13.5 Å². The maximum atomic E-state index is 6.36. The third-order valence-corrected chi connectivity index (χ3v) is 6.00. The minimum atomic E-state index is 0.707. The molecule has 0 amide bonds.